The molecule has 5 nitrogen and oxygen atoms in total. The van der Waals surface area contributed by atoms with Crippen molar-refractivity contribution in [3.05, 3.63) is 5.89 Å². The first kappa shape index (κ1) is 16.3. The van der Waals surface area contributed by atoms with Crippen molar-refractivity contribution < 1.29 is 4.42 Å². The van der Waals surface area contributed by atoms with E-state index in [0.29, 0.717) is 23.9 Å². The van der Waals surface area contributed by atoms with Gasteiger partial charge in [0.2, 0.25) is 5.89 Å². The van der Waals surface area contributed by atoms with E-state index in [4.69, 9.17) is 4.42 Å². The van der Waals surface area contributed by atoms with E-state index in [9.17, 15) is 0 Å². The Kier molecular flexibility index (Phi) is 5.62. The molecule has 0 bridgehead atoms. The van der Waals surface area contributed by atoms with Crippen molar-refractivity contribution in [2.75, 3.05) is 24.5 Å². The van der Waals surface area contributed by atoms with Crippen molar-refractivity contribution in [2.24, 2.45) is 11.3 Å². The van der Waals surface area contributed by atoms with E-state index in [-0.39, 0.29) is 0 Å². The van der Waals surface area contributed by atoms with Gasteiger partial charge in [-0.1, -0.05) is 32.8 Å². The SMILES string of the molecule is CCCNCc1nnc(N2CCCC(C(C)(C)C)CC2)o1. The monoisotopic (exact) mass is 294 g/mol. The van der Waals surface area contributed by atoms with Gasteiger partial charge in [-0.05, 0) is 43.6 Å². The molecule has 0 spiro atoms. The van der Waals surface area contributed by atoms with Gasteiger partial charge in [0.05, 0.1) is 6.54 Å². The lowest BCUT2D eigenvalue weighted by Gasteiger charge is -2.29. The van der Waals surface area contributed by atoms with Gasteiger partial charge < -0.3 is 14.6 Å². The molecule has 1 aromatic rings. The molecule has 120 valence electrons. The van der Waals surface area contributed by atoms with Gasteiger partial charge in [0.25, 0.3) is 0 Å². The number of hydrogen-bond acceptors (Lipinski definition) is 5. The van der Waals surface area contributed by atoms with Crippen molar-refractivity contribution in [1.29, 1.82) is 0 Å². The molecule has 0 aromatic carbocycles. The lowest BCUT2D eigenvalue weighted by atomic mass is 9.77. The molecule has 0 aliphatic carbocycles. The number of hydrogen-bond donors (Lipinski definition) is 1. The molecule has 1 aliphatic heterocycles. The minimum absolute atomic E-state index is 0.389. The van der Waals surface area contributed by atoms with E-state index in [1.807, 2.05) is 0 Å². The van der Waals surface area contributed by atoms with Crippen LogP contribution in [0.2, 0.25) is 0 Å². The molecule has 0 saturated carbocycles. The lowest BCUT2D eigenvalue weighted by molar-refractivity contribution is 0.220. The Morgan fingerprint density at radius 3 is 2.76 bits per heavy atom. The van der Waals surface area contributed by atoms with Gasteiger partial charge in [-0.3, -0.25) is 0 Å². The first-order valence-corrected chi connectivity index (χ1v) is 8.28. The van der Waals surface area contributed by atoms with E-state index in [1.54, 1.807) is 0 Å². The highest BCUT2D eigenvalue weighted by molar-refractivity contribution is 5.24. The Labute approximate surface area is 128 Å². The second-order valence-electron chi connectivity index (χ2n) is 7.14. The maximum absolute atomic E-state index is 5.79. The Morgan fingerprint density at radius 2 is 2.05 bits per heavy atom. The topological polar surface area (TPSA) is 54.2 Å². The van der Waals surface area contributed by atoms with Crippen LogP contribution >= 0.6 is 0 Å². The average molecular weight is 294 g/mol. The number of nitrogens with one attached hydrogen (secondary N) is 1. The van der Waals surface area contributed by atoms with E-state index in [1.165, 1.54) is 19.3 Å². The molecule has 1 unspecified atom stereocenters. The molecule has 1 atom stereocenters. The second kappa shape index (κ2) is 7.25. The van der Waals surface area contributed by atoms with Crippen LogP contribution in [-0.2, 0) is 6.54 Å². The van der Waals surface area contributed by atoms with E-state index in [2.05, 4.69) is 48.1 Å². The van der Waals surface area contributed by atoms with Crippen molar-refractivity contribution in [3.63, 3.8) is 0 Å². The molecule has 0 radical (unpaired) electrons. The van der Waals surface area contributed by atoms with E-state index < -0.39 is 0 Å². The van der Waals surface area contributed by atoms with Gasteiger partial charge >= 0.3 is 6.01 Å². The molecule has 1 N–H and O–H groups in total. The van der Waals surface area contributed by atoms with Crippen LogP contribution in [0.15, 0.2) is 4.42 Å². The van der Waals surface area contributed by atoms with Gasteiger partial charge in [-0.15, -0.1) is 5.10 Å². The summed E-state index contributed by atoms with van der Waals surface area (Å²) < 4.78 is 5.79. The van der Waals surface area contributed by atoms with Crippen LogP contribution in [0.1, 0.15) is 59.3 Å². The third-order valence-corrected chi connectivity index (χ3v) is 4.38. The Hall–Kier alpha value is -1.10. The fourth-order valence-corrected chi connectivity index (χ4v) is 2.97. The molecule has 21 heavy (non-hydrogen) atoms. The van der Waals surface area contributed by atoms with E-state index >= 15 is 0 Å². The zero-order chi connectivity index (χ0) is 15.3. The van der Waals surface area contributed by atoms with Crippen LogP contribution in [0.5, 0.6) is 0 Å². The normalized spacial score (nSPS) is 20.6. The van der Waals surface area contributed by atoms with Crippen LogP contribution in [0.4, 0.5) is 6.01 Å². The van der Waals surface area contributed by atoms with Crippen LogP contribution in [0.3, 0.4) is 0 Å². The predicted molar refractivity (Wildman–Crippen MR) is 85.3 cm³/mol. The van der Waals surface area contributed by atoms with Crippen molar-refractivity contribution in [3.8, 4) is 0 Å². The summed E-state index contributed by atoms with van der Waals surface area (Å²) in [5.74, 6) is 1.46. The van der Waals surface area contributed by atoms with Crippen molar-refractivity contribution in [1.82, 2.24) is 15.5 Å². The molecule has 1 fully saturated rings. The quantitative estimate of drug-likeness (QED) is 0.845. The highest BCUT2D eigenvalue weighted by Gasteiger charge is 2.28. The zero-order valence-corrected chi connectivity index (χ0v) is 14.0. The molecule has 1 saturated heterocycles. The minimum atomic E-state index is 0.389. The fourth-order valence-electron chi connectivity index (χ4n) is 2.97. The Morgan fingerprint density at radius 1 is 1.24 bits per heavy atom. The highest BCUT2D eigenvalue weighted by atomic mass is 16.4. The molecule has 1 aromatic heterocycles. The number of aromatic nitrogens is 2. The standard InChI is InChI=1S/C16H30N4O/c1-5-9-17-12-14-18-19-15(21-14)20-10-6-7-13(8-11-20)16(2,3)4/h13,17H,5-12H2,1-4H3. The van der Waals surface area contributed by atoms with Crippen LogP contribution in [-0.4, -0.2) is 29.8 Å². The van der Waals surface area contributed by atoms with Crippen molar-refractivity contribution >= 4 is 6.01 Å². The van der Waals surface area contributed by atoms with E-state index in [0.717, 1.165) is 32.0 Å². The summed E-state index contributed by atoms with van der Waals surface area (Å²) in [7, 11) is 0. The Bertz CT molecular complexity index is 424. The fraction of sp³-hybridized carbons (Fsp3) is 0.875. The van der Waals surface area contributed by atoms with Crippen LogP contribution in [0, 0.1) is 11.3 Å². The third kappa shape index (κ3) is 4.70. The number of anilines is 1. The lowest BCUT2D eigenvalue weighted by Crippen LogP contribution is -2.26. The summed E-state index contributed by atoms with van der Waals surface area (Å²) in [6, 6.07) is 0.692. The van der Waals surface area contributed by atoms with Crippen LogP contribution < -0.4 is 10.2 Å². The Balaban J connectivity index is 1.90. The summed E-state index contributed by atoms with van der Waals surface area (Å²) in [5.41, 5.74) is 0.389. The second-order valence-corrected chi connectivity index (χ2v) is 7.14. The van der Waals surface area contributed by atoms with Gasteiger partial charge in [0.1, 0.15) is 0 Å². The van der Waals surface area contributed by atoms with Gasteiger partial charge in [-0.2, -0.15) is 0 Å². The maximum atomic E-state index is 5.79. The molecule has 2 rings (SSSR count). The molecule has 2 heterocycles. The molecule has 1 aliphatic rings. The van der Waals surface area contributed by atoms with Crippen molar-refractivity contribution in [2.45, 2.75) is 59.9 Å². The van der Waals surface area contributed by atoms with Crippen LogP contribution in [0.25, 0.3) is 0 Å². The first-order chi connectivity index (χ1) is 10.0. The molecule has 0 amide bonds. The number of rotatable bonds is 5. The average Bonchev–Trinajstić information content (AvgIpc) is 2.73. The summed E-state index contributed by atoms with van der Waals surface area (Å²) in [5, 5.41) is 11.6. The molecular formula is C16H30N4O. The molecule has 5 heteroatoms. The largest absolute Gasteiger partial charge is 0.407 e. The maximum Gasteiger partial charge on any atom is 0.318 e. The molecular weight excluding hydrogens is 264 g/mol. The summed E-state index contributed by atoms with van der Waals surface area (Å²) in [6.45, 7) is 12.9. The summed E-state index contributed by atoms with van der Waals surface area (Å²) in [6.07, 6.45) is 4.81. The van der Waals surface area contributed by atoms with Gasteiger partial charge in [0.15, 0.2) is 0 Å². The predicted octanol–water partition coefficient (Wildman–Crippen LogP) is 3.22. The number of nitrogens with zero attached hydrogens (tertiary/aromatic N) is 3. The highest BCUT2D eigenvalue weighted by Crippen LogP contribution is 2.34. The smallest absolute Gasteiger partial charge is 0.318 e. The third-order valence-electron chi connectivity index (χ3n) is 4.38. The van der Waals surface area contributed by atoms with Gasteiger partial charge in [0, 0.05) is 13.1 Å². The minimum Gasteiger partial charge on any atom is -0.407 e. The zero-order valence-electron chi connectivity index (χ0n) is 14.0. The summed E-state index contributed by atoms with van der Waals surface area (Å²) in [4.78, 5) is 2.25. The van der Waals surface area contributed by atoms with Gasteiger partial charge in [-0.25, -0.2) is 0 Å². The first-order valence-electron chi connectivity index (χ1n) is 8.28. The summed E-state index contributed by atoms with van der Waals surface area (Å²) >= 11 is 0.